The maximum absolute atomic E-state index is 5.89. The Balaban J connectivity index is 2.56. The predicted octanol–water partition coefficient (Wildman–Crippen LogP) is 3.58. The smallest absolute Gasteiger partial charge is 0.141 e. The van der Waals surface area contributed by atoms with Gasteiger partial charge in [0.25, 0.3) is 0 Å². The topological polar surface area (TPSA) is 17.8 Å². The third-order valence-corrected chi connectivity index (χ3v) is 3.16. The molecule has 0 saturated heterocycles. The van der Waals surface area contributed by atoms with Gasteiger partial charge in [0.1, 0.15) is 3.70 Å². The van der Waals surface area contributed by atoms with Gasteiger partial charge in [-0.15, -0.1) is 0 Å². The normalized spacial score (nSPS) is 12.1. The molecule has 0 aliphatic carbocycles. The molecule has 0 bridgehead atoms. The lowest BCUT2D eigenvalue weighted by Gasteiger charge is -2.17. The second-order valence-corrected chi connectivity index (χ2v) is 5.77. The maximum Gasteiger partial charge on any atom is 0.141 e. The molecule has 2 nitrogen and oxygen atoms in total. The van der Waals surface area contributed by atoms with Crippen LogP contribution in [0.3, 0.4) is 0 Å². The summed E-state index contributed by atoms with van der Waals surface area (Å²) in [5.74, 6) is 0. The molecule has 74 valence electrons. The summed E-state index contributed by atoms with van der Waals surface area (Å²) in [5.41, 5.74) is 0.351. The van der Waals surface area contributed by atoms with Crippen molar-refractivity contribution in [2.75, 3.05) is 0 Å². The van der Waals surface area contributed by atoms with Gasteiger partial charge >= 0.3 is 0 Å². The molecule has 1 aromatic heterocycles. The van der Waals surface area contributed by atoms with Crippen LogP contribution in [0.2, 0.25) is 5.02 Å². The van der Waals surface area contributed by atoms with Crippen LogP contribution in [0, 0.1) is 9.12 Å². The fourth-order valence-electron chi connectivity index (χ4n) is 0.938. The van der Waals surface area contributed by atoms with Crippen LogP contribution < -0.4 is 0 Å². The summed E-state index contributed by atoms with van der Waals surface area (Å²) in [6.45, 7) is 7.61. The van der Waals surface area contributed by atoms with Gasteiger partial charge in [-0.05, 0) is 34.4 Å². The molecule has 0 aromatic carbocycles. The van der Waals surface area contributed by atoms with Crippen LogP contribution in [0.25, 0.3) is 0 Å². The van der Waals surface area contributed by atoms with Crippen molar-refractivity contribution >= 4 is 34.2 Å². The van der Waals surface area contributed by atoms with Crippen molar-refractivity contribution in [2.24, 2.45) is 5.41 Å². The highest BCUT2D eigenvalue weighted by Crippen LogP contribution is 2.21. The van der Waals surface area contributed by atoms with Gasteiger partial charge in [0.05, 0.1) is 5.02 Å². The van der Waals surface area contributed by atoms with Crippen LogP contribution in [0.15, 0.2) is 6.20 Å². The van der Waals surface area contributed by atoms with Gasteiger partial charge in [0.2, 0.25) is 0 Å². The fourth-order valence-corrected chi connectivity index (χ4v) is 1.50. The van der Waals surface area contributed by atoms with E-state index in [1.54, 1.807) is 0 Å². The summed E-state index contributed by atoms with van der Waals surface area (Å²) in [6, 6.07) is 0. The van der Waals surface area contributed by atoms with Crippen LogP contribution in [-0.2, 0) is 6.54 Å². The zero-order valence-electron chi connectivity index (χ0n) is 8.14. The highest BCUT2D eigenvalue weighted by molar-refractivity contribution is 14.1. The molecule has 1 aromatic rings. The van der Waals surface area contributed by atoms with E-state index in [1.807, 2.05) is 10.9 Å². The first-order chi connectivity index (χ1) is 5.88. The average molecular weight is 313 g/mol. The third-order valence-electron chi connectivity index (χ3n) is 1.77. The minimum atomic E-state index is 0.351. The van der Waals surface area contributed by atoms with Crippen LogP contribution in [0.4, 0.5) is 0 Å². The van der Waals surface area contributed by atoms with E-state index in [0.717, 1.165) is 21.7 Å². The van der Waals surface area contributed by atoms with Crippen molar-refractivity contribution in [1.29, 1.82) is 0 Å². The third kappa shape index (κ3) is 3.85. The Morgan fingerprint density at radius 3 is 2.54 bits per heavy atom. The highest BCUT2D eigenvalue weighted by atomic mass is 127. The predicted molar refractivity (Wildman–Crippen MR) is 64.0 cm³/mol. The molecule has 0 atom stereocenters. The van der Waals surface area contributed by atoms with Crippen molar-refractivity contribution < 1.29 is 0 Å². The van der Waals surface area contributed by atoms with Crippen LogP contribution >= 0.6 is 34.2 Å². The lowest BCUT2D eigenvalue weighted by Crippen LogP contribution is -2.10. The summed E-state index contributed by atoms with van der Waals surface area (Å²) in [4.78, 5) is 0. The lowest BCUT2D eigenvalue weighted by atomic mass is 9.92. The Labute approximate surface area is 97.8 Å². The van der Waals surface area contributed by atoms with E-state index >= 15 is 0 Å². The van der Waals surface area contributed by atoms with Crippen LogP contribution in [0.5, 0.6) is 0 Å². The van der Waals surface area contributed by atoms with E-state index in [9.17, 15) is 0 Å². The van der Waals surface area contributed by atoms with Crippen molar-refractivity contribution in [3.63, 3.8) is 0 Å². The molecule has 0 aliphatic heterocycles. The summed E-state index contributed by atoms with van der Waals surface area (Å²) >= 11 is 8.03. The number of aromatic nitrogens is 2. The number of halogens is 2. The Kier molecular flexibility index (Phi) is 3.63. The first-order valence-corrected chi connectivity index (χ1v) is 5.72. The molecule has 1 rings (SSSR count). The summed E-state index contributed by atoms with van der Waals surface area (Å²) in [5, 5.41) is 5.03. The zero-order valence-corrected chi connectivity index (χ0v) is 11.1. The molecule has 0 unspecified atom stereocenters. The van der Waals surface area contributed by atoms with E-state index in [4.69, 9.17) is 11.6 Å². The van der Waals surface area contributed by atoms with Crippen molar-refractivity contribution in [3.8, 4) is 0 Å². The molecule has 1 heterocycles. The molecule has 0 fully saturated rings. The molecular weight excluding hydrogens is 298 g/mol. The van der Waals surface area contributed by atoms with E-state index in [-0.39, 0.29) is 0 Å². The Morgan fingerprint density at radius 2 is 2.15 bits per heavy atom. The molecule has 0 spiro atoms. The average Bonchev–Trinajstić information content (AvgIpc) is 2.27. The van der Waals surface area contributed by atoms with Crippen molar-refractivity contribution in [3.05, 3.63) is 14.9 Å². The van der Waals surface area contributed by atoms with Crippen LogP contribution in [0.1, 0.15) is 27.2 Å². The van der Waals surface area contributed by atoms with Gasteiger partial charge in [-0.3, -0.25) is 4.68 Å². The molecular formula is C9H14ClIN2. The molecule has 0 saturated carbocycles. The number of aryl methyl sites for hydroxylation is 1. The van der Waals surface area contributed by atoms with Gasteiger partial charge in [0, 0.05) is 12.7 Å². The van der Waals surface area contributed by atoms with Crippen molar-refractivity contribution in [1.82, 2.24) is 9.78 Å². The maximum atomic E-state index is 5.89. The first-order valence-electron chi connectivity index (χ1n) is 4.27. The number of hydrogen-bond donors (Lipinski definition) is 0. The van der Waals surface area contributed by atoms with Gasteiger partial charge in [0.15, 0.2) is 0 Å². The van der Waals surface area contributed by atoms with Crippen molar-refractivity contribution in [2.45, 2.75) is 33.7 Å². The van der Waals surface area contributed by atoms with E-state index in [0.29, 0.717) is 5.41 Å². The Hall–Kier alpha value is 0.230. The standard InChI is InChI=1S/C9H14ClIN2/c1-9(2,3)4-5-13-6-7(10)8(11)12-13/h6H,4-5H2,1-3H3. The molecule has 0 radical (unpaired) electrons. The Bertz CT molecular complexity index is 269. The van der Waals surface area contributed by atoms with Crippen LogP contribution in [-0.4, -0.2) is 9.78 Å². The largest absolute Gasteiger partial charge is 0.270 e. The monoisotopic (exact) mass is 312 g/mol. The summed E-state index contributed by atoms with van der Waals surface area (Å²) in [6.07, 6.45) is 3.00. The highest BCUT2D eigenvalue weighted by Gasteiger charge is 2.11. The molecule has 0 amide bonds. The molecule has 0 aliphatic rings. The number of nitrogens with zero attached hydrogens (tertiary/aromatic N) is 2. The molecule has 4 heteroatoms. The second-order valence-electron chi connectivity index (χ2n) is 4.34. The first kappa shape index (κ1) is 11.3. The number of rotatable bonds is 2. The summed E-state index contributed by atoms with van der Waals surface area (Å²) in [7, 11) is 0. The zero-order chi connectivity index (χ0) is 10.1. The van der Waals surface area contributed by atoms with E-state index in [2.05, 4.69) is 48.5 Å². The molecule has 0 N–H and O–H groups in total. The quantitative estimate of drug-likeness (QED) is 0.763. The van der Waals surface area contributed by atoms with Gasteiger partial charge < -0.3 is 0 Å². The van der Waals surface area contributed by atoms with E-state index < -0.39 is 0 Å². The summed E-state index contributed by atoms with van der Waals surface area (Å²) < 4.78 is 2.79. The number of hydrogen-bond acceptors (Lipinski definition) is 1. The minimum absolute atomic E-state index is 0.351. The Morgan fingerprint density at radius 1 is 1.54 bits per heavy atom. The fraction of sp³-hybridized carbons (Fsp3) is 0.667. The second kappa shape index (κ2) is 4.17. The minimum Gasteiger partial charge on any atom is -0.270 e. The van der Waals surface area contributed by atoms with Gasteiger partial charge in [-0.2, -0.15) is 5.10 Å². The van der Waals surface area contributed by atoms with Gasteiger partial charge in [-0.25, -0.2) is 0 Å². The SMILES string of the molecule is CC(C)(C)CCn1cc(Cl)c(I)n1. The lowest BCUT2D eigenvalue weighted by molar-refractivity contribution is 0.340. The molecule has 13 heavy (non-hydrogen) atoms. The van der Waals surface area contributed by atoms with Gasteiger partial charge in [-0.1, -0.05) is 32.4 Å². The van der Waals surface area contributed by atoms with E-state index in [1.165, 1.54) is 0 Å².